The monoisotopic (exact) mass is 543 g/mol. The van der Waals surface area contributed by atoms with Crippen LogP contribution in [0.15, 0.2) is 66.1 Å². The summed E-state index contributed by atoms with van der Waals surface area (Å²) < 4.78 is 41.3. The molecule has 0 atom stereocenters. The van der Waals surface area contributed by atoms with Gasteiger partial charge in [0.05, 0.1) is 5.01 Å². The van der Waals surface area contributed by atoms with Gasteiger partial charge in [-0.2, -0.15) is 0 Å². The van der Waals surface area contributed by atoms with Crippen molar-refractivity contribution in [3.8, 4) is 16.9 Å². The molecule has 200 valence electrons. The van der Waals surface area contributed by atoms with Crippen molar-refractivity contribution in [2.75, 3.05) is 18.4 Å². The highest BCUT2D eigenvalue weighted by molar-refractivity contribution is 7.10. The van der Waals surface area contributed by atoms with Crippen molar-refractivity contribution in [3.63, 3.8) is 0 Å². The number of amides is 2. The Morgan fingerprint density at radius 3 is 2.53 bits per heavy atom. The number of halogens is 3. The van der Waals surface area contributed by atoms with Gasteiger partial charge in [-0.05, 0) is 49.9 Å². The third kappa shape index (κ3) is 7.22. The normalized spacial score (nSPS) is 14.6. The van der Waals surface area contributed by atoms with Crippen LogP contribution in [0.25, 0.3) is 11.1 Å². The molecule has 6 nitrogen and oxygen atoms in total. The topological polar surface area (TPSA) is 71.5 Å². The van der Waals surface area contributed by atoms with Crippen molar-refractivity contribution in [1.29, 1.82) is 0 Å². The van der Waals surface area contributed by atoms with Gasteiger partial charge in [0.25, 0.3) is 5.91 Å². The Hall–Kier alpha value is -3.66. The van der Waals surface area contributed by atoms with Crippen LogP contribution in [0.5, 0.6) is 5.75 Å². The van der Waals surface area contributed by atoms with Crippen LogP contribution in [-0.2, 0) is 4.79 Å². The summed E-state index contributed by atoms with van der Waals surface area (Å²) in [7, 11) is 0. The summed E-state index contributed by atoms with van der Waals surface area (Å²) in [5, 5.41) is 5.48. The number of nitrogens with one attached hydrogen (secondary N) is 1. The van der Waals surface area contributed by atoms with Gasteiger partial charge in [-0.25, -0.2) is 4.98 Å². The summed E-state index contributed by atoms with van der Waals surface area (Å²) in [5.41, 5.74) is 2.10. The third-order valence-corrected chi connectivity index (χ3v) is 7.29. The number of alkyl halides is 3. The van der Waals surface area contributed by atoms with E-state index in [0.29, 0.717) is 42.0 Å². The number of carbonyl (C=O) groups excluding carboxylic acids is 2. The van der Waals surface area contributed by atoms with Gasteiger partial charge in [-0.1, -0.05) is 42.5 Å². The zero-order chi connectivity index (χ0) is 27.1. The van der Waals surface area contributed by atoms with Gasteiger partial charge in [0.2, 0.25) is 5.91 Å². The largest absolute Gasteiger partial charge is 0.573 e. The summed E-state index contributed by atoms with van der Waals surface area (Å²) >= 11 is 1.44. The van der Waals surface area contributed by atoms with Gasteiger partial charge in [0.15, 0.2) is 0 Å². The van der Waals surface area contributed by atoms with Crippen LogP contribution < -0.4 is 10.1 Å². The molecule has 2 heterocycles. The zero-order valence-corrected chi connectivity index (χ0v) is 21.6. The highest BCUT2D eigenvalue weighted by Gasteiger charge is 2.31. The van der Waals surface area contributed by atoms with Gasteiger partial charge >= 0.3 is 6.36 Å². The summed E-state index contributed by atoms with van der Waals surface area (Å²) in [6.07, 6.45) is 2.06. The third-order valence-electron chi connectivity index (χ3n) is 6.29. The van der Waals surface area contributed by atoms with Crippen molar-refractivity contribution in [2.45, 2.75) is 44.9 Å². The van der Waals surface area contributed by atoms with Crippen molar-refractivity contribution in [2.24, 2.45) is 0 Å². The smallest absolute Gasteiger partial charge is 0.406 e. The highest BCUT2D eigenvalue weighted by atomic mass is 32.1. The molecule has 2 amide bonds. The summed E-state index contributed by atoms with van der Waals surface area (Å²) in [4.78, 5) is 31.8. The fourth-order valence-corrected chi connectivity index (χ4v) is 5.32. The molecule has 10 heteroatoms. The van der Waals surface area contributed by atoms with E-state index >= 15 is 0 Å². The quantitative estimate of drug-likeness (QED) is 0.310. The van der Waals surface area contributed by atoms with Gasteiger partial charge in [-0.15, -0.1) is 24.5 Å². The molecule has 38 heavy (non-hydrogen) atoms. The zero-order valence-electron chi connectivity index (χ0n) is 20.8. The number of nitrogens with zero attached hydrogens (tertiary/aromatic N) is 2. The Morgan fingerprint density at radius 1 is 1.13 bits per heavy atom. The number of para-hydroxylation sites is 1. The lowest BCUT2D eigenvalue weighted by Crippen LogP contribution is -2.37. The first-order valence-corrected chi connectivity index (χ1v) is 13.2. The standard InChI is InChI=1S/C28H28F3N3O3S/c1-2-3-4-9-25(35)34-16-14-20(15-17-34)27-33-24(18-38-27)26(36)32-23-8-6-5-7-22(23)19-10-12-21(13-11-19)37-28(29,30)31/h2-3,5-8,10-13,18,20H,4,9,14-17H2,1H3,(H,32,36). The molecule has 3 aromatic rings. The van der Waals surface area contributed by atoms with E-state index in [-0.39, 0.29) is 23.5 Å². The highest BCUT2D eigenvalue weighted by Crippen LogP contribution is 2.33. The Kier molecular flexibility index (Phi) is 8.83. The molecule has 0 unspecified atom stereocenters. The van der Waals surface area contributed by atoms with Crippen LogP contribution in [-0.4, -0.2) is 41.2 Å². The molecular formula is C28H28F3N3O3S. The van der Waals surface area contributed by atoms with Gasteiger partial charge < -0.3 is 15.0 Å². The number of aromatic nitrogens is 1. The number of likely N-dealkylation sites (tertiary alicyclic amines) is 1. The maximum Gasteiger partial charge on any atom is 0.573 e. The second-order valence-corrected chi connectivity index (χ2v) is 9.80. The van der Waals surface area contributed by atoms with E-state index in [1.54, 1.807) is 29.6 Å². The van der Waals surface area contributed by atoms with Crippen LogP contribution in [0.3, 0.4) is 0 Å². The number of hydrogen-bond acceptors (Lipinski definition) is 5. The summed E-state index contributed by atoms with van der Waals surface area (Å²) in [6.45, 7) is 3.30. The number of allylic oxidation sites excluding steroid dienone is 2. The minimum atomic E-state index is -4.76. The van der Waals surface area contributed by atoms with Gasteiger partial charge in [-0.3, -0.25) is 9.59 Å². The molecule has 1 saturated heterocycles. The van der Waals surface area contributed by atoms with Crippen LogP contribution in [0.4, 0.5) is 18.9 Å². The Labute approximate surface area is 223 Å². The molecule has 1 fully saturated rings. The Morgan fingerprint density at radius 2 is 1.84 bits per heavy atom. The molecule has 1 aromatic heterocycles. The number of rotatable bonds is 8. The number of ether oxygens (including phenoxy) is 1. The van der Waals surface area contributed by atoms with Crippen molar-refractivity contribution in [1.82, 2.24) is 9.88 Å². The molecule has 1 aliphatic rings. The molecule has 1 N–H and O–H groups in total. The lowest BCUT2D eigenvalue weighted by Gasteiger charge is -2.31. The SMILES string of the molecule is CC=CCCC(=O)N1CCC(c2nc(C(=O)Nc3ccccc3-c3ccc(OC(F)(F)F)cc3)cs2)CC1. The Balaban J connectivity index is 1.38. The van der Waals surface area contributed by atoms with Gasteiger partial charge in [0, 0.05) is 42.1 Å². The number of thiazole rings is 1. The molecule has 2 aromatic carbocycles. The molecule has 0 saturated carbocycles. The predicted molar refractivity (Wildman–Crippen MR) is 141 cm³/mol. The van der Waals surface area contributed by atoms with Crippen LogP contribution in [0.2, 0.25) is 0 Å². The van der Waals surface area contributed by atoms with E-state index in [4.69, 9.17) is 0 Å². The van der Waals surface area contributed by atoms with E-state index in [9.17, 15) is 22.8 Å². The molecule has 0 radical (unpaired) electrons. The lowest BCUT2D eigenvalue weighted by molar-refractivity contribution is -0.274. The summed E-state index contributed by atoms with van der Waals surface area (Å²) in [6, 6.07) is 12.5. The van der Waals surface area contributed by atoms with Crippen molar-refractivity contribution < 1.29 is 27.5 Å². The molecular weight excluding hydrogens is 515 g/mol. The molecule has 4 rings (SSSR count). The maximum atomic E-state index is 13.0. The fourth-order valence-electron chi connectivity index (χ4n) is 4.35. The second kappa shape index (κ2) is 12.3. The first-order valence-electron chi connectivity index (χ1n) is 12.3. The minimum absolute atomic E-state index is 0.168. The lowest BCUT2D eigenvalue weighted by atomic mass is 9.97. The van der Waals surface area contributed by atoms with E-state index in [1.807, 2.05) is 24.0 Å². The molecule has 1 aliphatic heterocycles. The molecule has 0 spiro atoms. The average molecular weight is 544 g/mol. The van der Waals surface area contributed by atoms with E-state index in [2.05, 4.69) is 15.0 Å². The second-order valence-electron chi connectivity index (χ2n) is 8.91. The molecule has 0 bridgehead atoms. The van der Waals surface area contributed by atoms with E-state index in [0.717, 1.165) is 24.3 Å². The molecule has 0 aliphatic carbocycles. The number of carbonyl (C=O) groups is 2. The number of hydrogen-bond donors (Lipinski definition) is 1. The van der Waals surface area contributed by atoms with E-state index in [1.165, 1.54) is 35.6 Å². The van der Waals surface area contributed by atoms with E-state index < -0.39 is 6.36 Å². The summed E-state index contributed by atoms with van der Waals surface area (Å²) in [5.74, 6) is -0.317. The predicted octanol–water partition coefficient (Wildman–Crippen LogP) is 7.02. The first kappa shape index (κ1) is 27.4. The maximum absolute atomic E-state index is 13.0. The van der Waals surface area contributed by atoms with Crippen molar-refractivity contribution in [3.05, 3.63) is 76.8 Å². The average Bonchev–Trinajstić information content (AvgIpc) is 3.40. The van der Waals surface area contributed by atoms with Crippen LogP contribution in [0.1, 0.15) is 54.0 Å². The van der Waals surface area contributed by atoms with Gasteiger partial charge in [0.1, 0.15) is 11.4 Å². The van der Waals surface area contributed by atoms with Crippen molar-refractivity contribution >= 4 is 28.8 Å². The first-order chi connectivity index (χ1) is 18.2. The number of benzene rings is 2. The number of anilines is 1. The fraction of sp³-hybridized carbons (Fsp3) is 0.321. The Bertz CT molecular complexity index is 1280. The number of piperidine rings is 1. The minimum Gasteiger partial charge on any atom is -0.406 e. The van der Waals surface area contributed by atoms with Crippen LogP contribution in [0, 0.1) is 0 Å². The van der Waals surface area contributed by atoms with Crippen LogP contribution >= 0.6 is 11.3 Å².